The van der Waals surface area contributed by atoms with Gasteiger partial charge in [0, 0.05) is 6.92 Å². The van der Waals surface area contributed by atoms with Crippen LogP contribution in [0.1, 0.15) is 22.8 Å². The van der Waals surface area contributed by atoms with Crippen LogP contribution in [0.3, 0.4) is 0 Å². The molecule has 1 aromatic carbocycles. The summed E-state index contributed by atoms with van der Waals surface area (Å²) in [5.74, 6) is -1.41. The van der Waals surface area contributed by atoms with Crippen molar-refractivity contribution in [2.75, 3.05) is 14.2 Å². The van der Waals surface area contributed by atoms with Crippen molar-refractivity contribution < 1.29 is 23.9 Å². The molecule has 0 saturated heterocycles. The molecule has 0 aromatic heterocycles. The molecular formula is C16H17NO5. The Morgan fingerprint density at radius 3 is 2.18 bits per heavy atom. The van der Waals surface area contributed by atoms with Crippen LogP contribution in [0.4, 0.5) is 0 Å². The van der Waals surface area contributed by atoms with Crippen molar-refractivity contribution in [1.82, 2.24) is 5.32 Å². The quantitative estimate of drug-likeness (QED) is 0.508. The van der Waals surface area contributed by atoms with Crippen molar-refractivity contribution in [3.63, 3.8) is 0 Å². The third-order valence-corrected chi connectivity index (χ3v) is 2.60. The van der Waals surface area contributed by atoms with E-state index in [0.29, 0.717) is 5.56 Å². The molecule has 0 radical (unpaired) electrons. The highest BCUT2D eigenvalue weighted by Crippen LogP contribution is 2.08. The predicted octanol–water partition coefficient (Wildman–Crippen LogP) is 1.68. The van der Waals surface area contributed by atoms with E-state index in [1.165, 1.54) is 27.2 Å². The van der Waals surface area contributed by atoms with Gasteiger partial charge in [-0.1, -0.05) is 24.3 Å². The Hall–Kier alpha value is -2.89. The first-order valence-electron chi connectivity index (χ1n) is 6.40. The number of carbonyl (C=O) groups excluding carboxylic acids is 3. The van der Waals surface area contributed by atoms with Crippen molar-refractivity contribution in [2.45, 2.75) is 6.92 Å². The first kappa shape index (κ1) is 17.2. The summed E-state index contributed by atoms with van der Waals surface area (Å²) in [6.07, 6.45) is 4.74. The van der Waals surface area contributed by atoms with Crippen molar-refractivity contribution in [1.29, 1.82) is 0 Å². The topological polar surface area (TPSA) is 81.7 Å². The lowest BCUT2D eigenvalue weighted by molar-refractivity contribution is -0.137. The van der Waals surface area contributed by atoms with Gasteiger partial charge in [0.05, 0.1) is 19.8 Å². The summed E-state index contributed by atoms with van der Waals surface area (Å²) < 4.78 is 9.17. The summed E-state index contributed by atoms with van der Waals surface area (Å²) in [6, 6.07) is 6.72. The zero-order valence-corrected chi connectivity index (χ0v) is 12.6. The molecule has 6 heteroatoms. The molecule has 0 saturated carbocycles. The maximum atomic E-state index is 11.5. The highest BCUT2D eigenvalue weighted by Gasteiger charge is 2.09. The molecule has 116 valence electrons. The Morgan fingerprint density at radius 1 is 1.05 bits per heavy atom. The minimum atomic E-state index is -0.638. The summed E-state index contributed by atoms with van der Waals surface area (Å²) in [5.41, 5.74) is 1.30. The summed E-state index contributed by atoms with van der Waals surface area (Å²) in [5, 5.41) is 2.38. The molecular weight excluding hydrogens is 286 g/mol. The smallest absolute Gasteiger partial charge is 0.354 e. The second-order valence-electron chi connectivity index (χ2n) is 4.23. The highest BCUT2D eigenvalue weighted by molar-refractivity contribution is 5.93. The number of hydrogen-bond donors (Lipinski definition) is 1. The summed E-state index contributed by atoms with van der Waals surface area (Å²) in [4.78, 5) is 33.8. The minimum absolute atomic E-state index is 0.0393. The Kier molecular flexibility index (Phi) is 6.56. The van der Waals surface area contributed by atoms with E-state index in [0.717, 1.165) is 5.56 Å². The number of hydrogen-bond acceptors (Lipinski definition) is 5. The van der Waals surface area contributed by atoms with Gasteiger partial charge in [-0.25, -0.2) is 9.59 Å². The zero-order chi connectivity index (χ0) is 16.5. The molecule has 0 spiro atoms. The van der Waals surface area contributed by atoms with Crippen LogP contribution in [-0.2, 0) is 19.1 Å². The number of amides is 1. The number of rotatable bonds is 5. The monoisotopic (exact) mass is 303 g/mol. The van der Waals surface area contributed by atoms with Crippen molar-refractivity contribution in [3.8, 4) is 0 Å². The van der Waals surface area contributed by atoms with Crippen molar-refractivity contribution in [2.24, 2.45) is 0 Å². The number of benzene rings is 1. The van der Waals surface area contributed by atoms with E-state index in [1.807, 2.05) is 0 Å². The van der Waals surface area contributed by atoms with Gasteiger partial charge in [0.15, 0.2) is 0 Å². The van der Waals surface area contributed by atoms with Crippen LogP contribution in [0.25, 0.3) is 6.08 Å². The third kappa shape index (κ3) is 5.24. The largest absolute Gasteiger partial charge is 0.465 e. The van der Waals surface area contributed by atoms with Gasteiger partial charge in [-0.05, 0) is 23.8 Å². The van der Waals surface area contributed by atoms with Crippen LogP contribution in [0.5, 0.6) is 0 Å². The fourth-order valence-electron chi connectivity index (χ4n) is 1.56. The number of ether oxygens (including phenoxy) is 2. The van der Waals surface area contributed by atoms with Crippen LogP contribution in [0.15, 0.2) is 42.1 Å². The van der Waals surface area contributed by atoms with Gasteiger partial charge in [0.25, 0.3) is 0 Å². The molecule has 0 atom stereocenters. The van der Waals surface area contributed by atoms with Crippen LogP contribution in [0.2, 0.25) is 0 Å². The van der Waals surface area contributed by atoms with Gasteiger partial charge >= 0.3 is 11.9 Å². The molecule has 1 rings (SSSR count). The fraction of sp³-hybridized carbons (Fsp3) is 0.188. The first-order chi connectivity index (χ1) is 10.5. The Morgan fingerprint density at radius 2 is 1.68 bits per heavy atom. The Labute approximate surface area is 128 Å². The number of allylic oxidation sites excluding steroid dienone is 2. The average Bonchev–Trinajstić information content (AvgIpc) is 2.52. The zero-order valence-electron chi connectivity index (χ0n) is 12.6. The molecule has 22 heavy (non-hydrogen) atoms. The number of nitrogens with one attached hydrogen (secondary N) is 1. The summed E-state index contributed by atoms with van der Waals surface area (Å²) >= 11 is 0. The maximum Gasteiger partial charge on any atom is 0.354 e. The van der Waals surface area contributed by atoms with Gasteiger partial charge in [-0.2, -0.15) is 0 Å². The van der Waals surface area contributed by atoms with Crippen molar-refractivity contribution in [3.05, 3.63) is 53.2 Å². The molecule has 0 bridgehead atoms. The van der Waals surface area contributed by atoms with Gasteiger partial charge in [0.1, 0.15) is 5.70 Å². The van der Waals surface area contributed by atoms with Crippen LogP contribution in [-0.4, -0.2) is 32.1 Å². The molecule has 0 aliphatic heterocycles. The van der Waals surface area contributed by atoms with Crippen molar-refractivity contribution >= 4 is 23.9 Å². The van der Waals surface area contributed by atoms with Gasteiger partial charge in [0.2, 0.25) is 5.91 Å². The summed E-state index contributed by atoms with van der Waals surface area (Å²) in [7, 11) is 2.55. The van der Waals surface area contributed by atoms with Gasteiger partial charge in [-0.3, -0.25) is 4.79 Å². The molecule has 0 aliphatic carbocycles. The van der Waals surface area contributed by atoms with E-state index in [-0.39, 0.29) is 11.6 Å². The molecule has 0 unspecified atom stereocenters. The third-order valence-electron chi connectivity index (χ3n) is 2.60. The van der Waals surface area contributed by atoms with Gasteiger partial charge in [-0.15, -0.1) is 0 Å². The number of methoxy groups -OCH3 is 2. The molecule has 1 amide bonds. The predicted molar refractivity (Wildman–Crippen MR) is 80.7 cm³/mol. The molecule has 1 N–H and O–H groups in total. The van der Waals surface area contributed by atoms with E-state index in [1.54, 1.807) is 36.4 Å². The second kappa shape index (κ2) is 8.41. The van der Waals surface area contributed by atoms with E-state index in [4.69, 9.17) is 0 Å². The molecule has 0 heterocycles. The highest BCUT2D eigenvalue weighted by atomic mass is 16.5. The van der Waals surface area contributed by atoms with E-state index in [2.05, 4.69) is 14.8 Å². The van der Waals surface area contributed by atoms with Crippen LogP contribution in [0, 0.1) is 0 Å². The standard InChI is InChI=1S/C16H17NO5/c1-11(18)17-14(16(20)22-3)6-4-5-12-7-9-13(10-8-12)15(19)21-2/h4-10H,1-3H3,(H,17,18)/b5-4+,14-6+. The van der Waals surface area contributed by atoms with Gasteiger partial charge < -0.3 is 14.8 Å². The number of esters is 2. The van der Waals surface area contributed by atoms with E-state index >= 15 is 0 Å². The normalized spacial score (nSPS) is 11.1. The Balaban J connectivity index is 2.85. The molecule has 0 aliphatic rings. The van der Waals surface area contributed by atoms with E-state index in [9.17, 15) is 14.4 Å². The second-order valence-corrected chi connectivity index (χ2v) is 4.23. The number of carbonyl (C=O) groups is 3. The molecule has 6 nitrogen and oxygen atoms in total. The SMILES string of the molecule is COC(=O)/C(=C\C=C\c1ccc(C(=O)OC)cc1)NC(C)=O. The first-order valence-corrected chi connectivity index (χ1v) is 6.40. The van der Waals surface area contributed by atoms with E-state index < -0.39 is 11.9 Å². The lowest BCUT2D eigenvalue weighted by Crippen LogP contribution is -2.25. The minimum Gasteiger partial charge on any atom is -0.465 e. The van der Waals surface area contributed by atoms with Crippen LogP contribution >= 0.6 is 0 Å². The summed E-state index contributed by atoms with van der Waals surface area (Å²) in [6.45, 7) is 1.30. The Bertz CT molecular complexity index is 614. The van der Waals surface area contributed by atoms with Crippen LogP contribution < -0.4 is 5.32 Å². The average molecular weight is 303 g/mol. The molecule has 1 aromatic rings. The lowest BCUT2D eigenvalue weighted by atomic mass is 10.1. The molecule has 0 fully saturated rings. The lowest BCUT2D eigenvalue weighted by Gasteiger charge is -2.04. The maximum absolute atomic E-state index is 11.5. The fourth-order valence-corrected chi connectivity index (χ4v) is 1.56.